The summed E-state index contributed by atoms with van der Waals surface area (Å²) in [5, 5.41) is 0. The van der Waals surface area contributed by atoms with Crippen LogP contribution in [0.15, 0.2) is 17.6 Å². The predicted molar refractivity (Wildman–Crippen MR) is 49.2 cm³/mol. The molecule has 0 N–H and O–H groups in total. The summed E-state index contributed by atoms with van der Waals surface area (Å²) in [4.78, 5) is 4.24. The molecule has 0 fully saturated rings. The van der Waals surface area contributed by atoms with Gasteiger partial charge in [-0.05, 0) is 35.9 Å². The lowest BCUT2D eigenvalue weighted by atomic mass is 9.83. The zero-order valence-electron chi connectivity index (χ0n) is 6.11. The highest BCUT2D eigenvalue weighted by molar-refractivity contribution is 9.18. The van der Waals surface area contributed by atoms with Gasteiger partial charge in [0.05, 0.1) is 4.62 Å². The van der Waals surface area contributed by atoms with E-state index in [9.17, 15) is 0 Å². The fraction of sp³-hybridized carbons (Fsp3) is 0.500. The smallest absolute Gasteiger partial charge is 0.136 e. The molecule has 0 atom stereocenters. The highest BCUT2D eigenvalue weighted by atomic mass is 79.9. The maximum absolute atomic E-state index is 4.24. The molecule has 0 spiro atoms. The fourth-order valence-corrected chi connectivity index (χ4v) is 0.898. The van der Waals surface area contributed by atoms with Crippen LogP contribution in [0.1, 0.15) is 13.8 Å². The van der Waals surface area contributed by atoms with E-state index in [4.69, 9.17) is 0 Å². The molecule has 0 radical (unpaired) electrons. The summed E-state index contributed by atoms with van der Waals surface area (Å²) in [6.07, 6.45) is 1.69. The Labute approximate surface area is 65.8 Å². The second-order valence-corrected chi connectivity index (χ2v) is 3.62. The van der Waals surface area contributed by atoms with Crippen LogP contribution in [0.2, 0.25) is 0 Å². The molecule has 0 rings (SSSR count). The van der Waals surface area contributed by atoms with E-state index in [0.29, 0.717) is 0 Å². The third-order valence-electron chi connectivity index (χ3n) is 0.611. The lowest BCUT2D eigenvalue weighted by Crippen LogP contribution is -2.16. The Hall–Kier alpha value is -0.0451. The molecule has 0 aromatic carbocycles. The van der Waals surface area contributed by atoms with Crippen molar-refractivity contribution in [3.8, 4) is 0 Å². The third kappa shape index (κ3) is 5.83. The molecule has 0 saturated carbocycles. The van der Waals surface area contributed by atoms with E-state index in [2.05, 4.69) is 27.5 Å². The summed E-state index contributed by atoms with van der Waals surface area (Å²) in [6.45, 7) is 7.65. The van der Waals surface area contributed by atoms with Crippen molar-refractivity contribution in [1.82, 2.24) is 0 Å². The first-order chi connectivity index (χ1) is 3.95. The minimum absolute atomic E-state index is 0.00692. The van der Waals surface area contributed by atoms with Crippen molar-refractivity contribution in [2.24, 2.45) is 4.99 Å². The second kappa shape index (κ2) is 3.21. The Bertz CT molecular complexity index is 134. The normalized spacial score (nSPS) is 13.4. The van der Waals surface area contributed by atoms with Crippen LogP contribution in [0.5, 0.6) is 0 Å². The first-order valence-electron chi connectivity index (χ1n) is 2.83. The van der Waals surface area contributed by atoms with Crippen molar-refractivity contribution in [2.45, 2.75) is 19.3 Å². The number of hydrogen-bond acceptors (Lipinski definition) is 1. The van der Waals surface area contributed by atoms with Gasteiger partial charge in [-0.15, -0.1) is 0 Å². The molecule has 50 valence electrons. The lowest BCUT2D eigenvalue weighted by molar-refractivity contribution is 0.748. The monoisotopic (exact) mass is 187 g/mol. The van der Waals surface area contributed by atoms with Gasteiger partial charge >= 0.3 is 0 Å². The molecule has 9 heavy (non-hydrogen) atoms. The van der Waals surface area contributed by atoms with Crippen molar-refractivity contribution in [2.75, 3.05) is 0 Å². The molecule has 0 unspecified atom stereocenters. The average Bonchev–Trinajstić information content (AvgIpc) is 1.62. The molecule has 0 saturated heterocycles. The van der Waals surface area contributed by atoms with Gasteiger partial charge in [-0.3, -0.25) is 4.99 Å². The van der Waals surface area contributed by atoms with Gasteiger partial charge in [0, 0.05) is 5.44 Å². The maximum atomic E-state index is 4.24. The molecule has 0 heterocycles. The topological polar surface area (TPSA) is 12.4 Å². The first-order valence-corrected chi connectivity index (χ1v) is 3.63. The van der Waals surface area contributed by atoms with Crippen molar-refractivity contribution in [3.63, 3.8) is 0 Å². The summed E-state index contributed by atoms with van der Waals surface area (Å²) in [6, 6.07) is 0. The van der Waals surface area contributed by atoms with E-state index in [1.807, 2.05) is 21.7 Å². The van der Waals surface area contributed by atoms with E-state index in [1.54, 1.807) is 6.08 Å². The zero-order chi connectivity index (χ0) is 7.49. The molecular formula is C6H11BBrN. The van der Waals surface area contributed by atoms with Crippen LogP contribution in [-0.4, -0.2) is 17.9 Å². The quantitative estimate of drug-likeness (QED) is 0.457. The van der Waals surface area contributed by atoms with Gasteiger partial charge in [-0.1, -0.05) is 6.58 Å². The van der Waals surface area contributed by atoms with Crippen LogP contribution >= 0.6 is 15.9 Å². The Balaban J connectivity index is 4.11. The second-order valence-electron chi connectivity index (χ2n) is 2.81. The van der Waals surface area contributed by atoms with Gasteiger partial charge in [0.25, 0.3) is 0 Å². The van der Waals surface area contributed by atoms with Gasteiger partial charge < -0.3 is 0 Å². The largest absolute Gasteiger partial charge is 0.281 e. The Morgan fingerprint density at radius 3 is 2.33 bits per heavy atom. The highest BCUT2D eigenvalue weighted by Gasteiger charge is 2.06. The minimum Gasteiger partial charge on any atom is -0.281 e. The predicted octanol–water partition coefficient (Wildman–Crippen LogP) is 1.33. The minimum atomic E-state index is -0.00692. The number of allylic oxidation sites excluding steroid dienone is 1. The van der Waals surface area contributed by atoms with E-state index in [-0.39, 0.29) is 5.44 Å². The van der Waals surface area contributed by atoms with Crippen molar-refractivity contribution in [1.29, 1.82) is 0 Å². The van der Waals surface area contributed by atoms with Crippen LogP contribution in [-0.2, 0) is 0 Å². The number of hydrogen-bond donors (Lipinski definition) is 0. The molecule has 0 aromatic heterocycles. The van der Waals surface area contributed by atoms with Crippen LogP contribution in [0.25, 0.3) is 0 Å². The van der Waals surface area contributed by atoms with Gasteiger partial charge in [-0.2, -0.15) is 0 Å². The maximum Gasteiger partial charge on any atom is 0.136 e. The van der Waals surface area contributed by atoms with Gasteiger partial charge in [0.2, 0.25) is 0 Å². The molecular weight excluding hydrogens is 177 g/mol. The van der Waals surface area contributed by atoms with E-state index < -0.39 is 0 Å². The van der Waals surface area contributed by atoms with Crippen molar-refractivity contribution < 1.29 is 0 Å². The van der Waals surface area contributed by atoms with E-state index in [1.165, 1.54) is 0 Å². The number of aliphatic imine (C=N–C) groups is 1. The van der Waals surface area contributed by atoms with Crippen LogP contribution in [0.4, 0.5) is 0 Å². The summed E-state index contributed by atoms with van der Waals surface area (Å²) < 4.78 is 0.815. The molecule has 1 nitrogen and oxygen atoms in total. The SMILES string of the molecule is BC(C)(C)/N=C(/Br)C=C. The van der Waals surface area contributed by atoms with Gasteiger partial charge in [0.15, 0.2) is 0 Å². The Kier molecular flexibility index (Phi) is 3.19. The Morgan fingerprint density at radius 1 is 1.78 bits per heavy atom. The molecule has 3 heteroatoms. The number of halogens is 1. The molecule has 0 aliphatic heterocycles. The number of nitrogens with zero attached hydrogens (tertiary/aromatic N) is 1. The summed E-state index contributed by atoms with van der Waals surface area (Å²) >= 11 is 3.24. The highest BCUT2D eigenvalue weighted by Crippen LogP contribution is 2.05. The molecule has 0 aliphatic rings. The standard InChI is InChI=1S/C6H11BBrN/c1-4-5(8)9-6(2,3)7/h4H,1,7H2,2-3H3/b9-5+. The summed E-state index contributed by atoms with van der Waals surface area (Å²) in [7, 11) is 2.04. The fourth-order valence-electron chi connectivity index (χ4n) is 0.366. The molecule has 0 bridgehead atoms. The van der Waals surface area contributed by atoms with Crippen LogP contribution < -0.4 is 0 Å². The van der Waals surface area contributed by atoms with Crippen LogP contribution in [0.3, 0.4) is 0 Å². The number of rotatable bonds is 2. The van der Waals surface area contributed by atoms with Crippen LogP contribution in [0, 0.1) is 0 Å². The van der Waals surface area contributed by atoms with Crippen molar-refractivity contribution in [3.05, 3.63) is 12.7 Å². The summed E-state index contributed by atoms with van der Waals surface area (Å²) in [5.74, 6) is 0. The van der Waals surface area contributed by atoms with Gasteiger partial charge in [-0.25, -0.2) is 0 Å². The average molecular weight is 188 g/mol. The summed E-state index contributed by atoms with van der Waals surface area (Å²) in [5.41, 5.74) is -0.00692. The van der Waals surface area contributed by atoms with E-state index in [0.717, 1.165) is 4.62 Å². The molecule has 0 aromatic rings. The Morgan fingerprint density at radius 2 is 2.22 bits per heavy atom. The lowest BCUT2D eigenvalue weighted by Gasteiger charge is -2.11. The third-order valence-corrected chi connectivity index (χ3v) is 1.11. The molecule has 0 amide bonds. The zero-order valence-corrected chi connectivity index (χ0v) is 7.70. The van der Waals surface area contributed by atoms with Gasteiger partial charge in [0.1, 0.15) is 7.85 Å². The van der Waals surface area contributed by atoms with Crippen molar-refractivity contribution >= 4 is 28.4 Å². The molecule has 0 aliphatic carbocycles. The first kappa shape index (κ1) is 8.95. The van der Waals surface area contributed by atoms with E-state index >= 15 is 0 Å².